The van der Waals surface area contributed by atoms with Crippen LogP contribution in [-0.2, 0) is 0 Å². The summed E-state index contributed by atoms with van der Waals surface area (Å²) in [5.41, 5.74) is 1.84. The first-order valence-electron chi connectivity index (χ1n) is 6.40. The third-order valence-electron chi connectivity index (χ3n) is 2.93. The molecule has 20 heavy (non-hydrogen) atoms. The number of nitrogens with one attached hydrogen (secondary N) is 1. The van der Waals surface area contributed by atoms with Gasteiger partial charge in [-0.05, 0) is 70.9 Å². The highest BCUT2D eigenvalue weighted by molar-refractivity contribution is 14.1. The molecule has 1 unspecified atom stereocenters. The summed E-state index contributed by atoms with van der Waals surface area (Å²) < 4.78 is 14.5. The lowest BCUT2D eigenvalue weighted by molar-refractivity contribution is 0.579. The van der Waals surface area contributed by atoms with Crippen LogP contribution < -0.4 is 5.32 Å². The molecule has 0 aliphatic carbocycles. The Morgan fingerprint density at radius 3 is 2.85 bits per heavy atom. The van der Waals surface area contributed by atoms with Gasteiger partial charge in [0.05, 0.1) is 12.2 Å². The first-order chi connectivity index (χ1) is 9.61. The molecule has 0 aliphatic rings. The van der Waals surface area contributed by atoms with Crippen molar-refractivity contribution < 1.29 is 4.39 Å². The van der Waals surface area contributed by atoms with Crippen molar-refractivity contribution in [1.29, 1.82) is 0 Å². The van der Waals surface area contributed by atoms with Gasteiger partial charge in [-0.15, -0.1) is 0 Å². The molecule has 1 aromatic heterocycles. The highest BCUT2D eigenvalue weighted by Crippen LogP contribution is 2.28. The first kappa shape index (κ1) is 15.7. The van der Waals surface area contributed by atoms with Gasteiger partial charge in [0.15, 0.2) is 0 Å². The zero-order valence-corrected chi connectivity index (χ0v) is 14.0. The second-order valence-electron chi connectivity index (χ2n) is 4.49. The van der Waals surface area contributed by atoms with Gasteiger partial charge in [0, 0.05) is 14.8 Å². The van der Waals surface area contributed by atoms with Gasteiger partial charge < -0.3 is 5.32 Å². The summed E-state index contributed by atoms with van der Waals surface area (Å²) in [7, 11) is 0. The minimum Gasteiger partial charge on any atom is -0.306 e. The van der Waals surface area contributed by atoms with Gasteiger partial charge >= 0.3 is 0 Å². The van der Waals surface area contributed by atoms with Crippen LogP contribution in [0.5, 0.6) is 0 Å². The van der Waals surface area contributed by atoms with Crippen molar-refractivity contribution in [3.63, 3.8) is 0 Å². The molecule has 1 aromatic carbocycles. The number of aromatic nitrogens is 1. The zero-order valence-electron chi connectivity index (χ0n) is 11.0. The quantitative estimate of drug-likeness (QED) is 0.739. The smallest absolute Gasteiger partial charge is 0.141 e. The van der Waals surface area contributed by atoms with E-state index in [9.17, 15) is 4.39 Å². The predicted octanol–water partition coefficient (Wildman–Crippen LogP) is 4.57. The minimum absolute atomic E-state index is 0.108. The van der Waals surface area contributed by atoms with Crippen molar-refractivity contribution in [3.8, 4) is 0 Å². The molecule has 1 atom stereocenters. The third-order valence-corrected chi connectivity index (χ3v) is 4.14. The summed E-state index contributed by atoms with van der Waals surface area (Å²) in [6.45, 7) is 2.93. The van der Waals surface area contributed by atoms with Crippen LogP contribution >= 0.6 is 34.2 Å². The van der Waals surface area contributed by atoms with E-state index in [-0.39, 0.29) is 11.9 Å². The largest absolute Gasteiger partial charge is 0.306 e. The van der Waals surface area contributed by atoms with Crippen molar-refractivity contribution in [2.24, 2.45) is 0 Å². The van der Waals surface area contributed by atoms with Gasteiger partial charge in [-0.25, -0.2) is 4.39 Å². The van der Waals surface area contributed by atoms with Crippen molar-refractivity contribution in [1.82, 2.24) is 10.3 Å². The Balaban J connectivity index is 2.44. The van der Waals surface area contributed by atoms with E-state index in [2.05, 4.69) is 39.8 Å². The third kappa shape index (κ3) is 3.90. The van der Waals surface area contributed by atoms with Gasteiger partial charge in [0.25, 0.3) is 0 Å². The number of pyridine rings is 1. The van der Waals surface area contributed by atoms with Crippen LogP contribution in [0.1, 0.15) is 30.5 Å². The second-order valence-corrected chi connectivity index (χ2v) is 6.09. The molecule has 5 heteroatoms. The van der Waals surface area contributed by atoms with E-state index in [0.29, 0.717) is 5.02 Å². The molecule has 1 heterocycles. The van der Waals surface area contributed by atoms with E-state index in [1.165, 1.54) is 12.3 Å². The second kappa shape index (κ2) is 7.33. The Bertz CT molecular complexity index is 592. The fourth-order valence-corrected chi connectivity index (χ4v) is 2.85. The summed E-state index contributed by atoms with van der Waals surface area (Å²) in [5.74, 6) is -0.331. The standard InChI is InChI=1S/C15H15ClFIN2/c1-2-5-20-15(10-6-12(17)9-19-8-10)13-7-11(16)3-4-14(13)18/h3-4,6-9,15,20H,2,5H2,1H3. The number of nitrogens with zero attached hydrogens (tertiary/aromatic N) is 1. The molecule has 0 amide bonds. The fraction of sp³-hybridized carbons (Fsp3) is 0.267. The molecule has 2 aromatic rings. The topological polar surface area (TPSA) is 24.9 Å². The molecule has 0 fully saturated rings. The van der Waals surface area contributed by atoms with Crippen LogP contribution in [0.4, 0.5) is 4.39 Å². The average Bonchev–Trinajstić information content (AvgIpc) is 2.43. The molecule has 1 N–H and O–H groups in total. The summed E-state index contributed by atoms with van der Waals surface area (Å²) in [6.07, 6.45) is 3.90. The molecular weight excluding hydrogens is 390 g/mol. The number of hydrogen-bond acceptors (Lipinski definition) is 2. The summed E-state index contributed by atoms with van der Waals surface area (Å²) in [4.78, 5) is 3.94. The van der Waals surface area contributed by atoms with Crippen LogP contribution in [0, 0.1) is 9.39 Å². The Hall–Kier alpha value is -0.720. The Morgan fingerprint density at radius 1 is 1.35 bits per heavy atom. The van der Waals surface area contributed by atoms with Crippen LogP contribution in [0.3, 0.4) is 0 Å². The molecule has 2 nitrogen and oxygen atoms in total. The Kier molecular flexibility index (Phi) is 5.74. The highest BCUT2D eigenvalue weighted by atomic mass is 127. The highest BCUT2D eigenvalue weighted by Gasteiger charge is 2.17. The molecule has 106 valence electrons. The van der Waals surface area contributed by atoms with Gasteiger partial charge in [-0.2, -0.15) is 0 Å². The molecule has 0 aliphatic heterocycles. The lowest BCUT2D eigenvalue weighted by Crippen LogP contribution is -2.24. The number of halogens is 3. The van der Waals surface area contributed by atoms with Crippen LogP contribution in [-0.4, -0.2) is 11.5 Å². The number of benzene rings is 1. The summed E-state index contributed by atoms with van der Waals surface area (Å²) >= 11 is 8.36. The molecule has 2 rings (SSSR count). The Morgan fingerprint density at radius 2 is 2.15 bits per heavy atom. The van der Waals surface area contributed by atoms with Crippen molar-refractivity contribution >= 4 is 34.2 Å². The van der Waals surface area contributed by atoms with E-state index in [1.54, 1.807) is 6.20 Å². The van der Waals surface area contributed by atoms with Gasteiger partial charge in [0.1, 0.15) is 5.82 Å². The van der Waals surface area contributed by atoms with Gasteiger partial charge in [-0.3, -0.25) is 4.98 Å². The fourth-order valence-electron chi connectivity index (χ4n) is 2.02. The van der Waals surface area contributed by atoms with Gasteiger partial charge in [0.2, 0.25) is 0 Å². The molecule has 0 radical (unpaired) electrons. The maximum Gasteiger partial charge on any atom is 0.141 e. The molecule has 0 saturated carbocycles. The lowest BCUT2D eigenvalue weighted by Gasteiger charge is -2.21. The van der Waals surface area contributed by atoms with E-state index in [4.69, 9.17) is 11.6 Å². The average molecular weight is 405 g/mol. The lowest BCUT2D eigenvalue weighted by atomic mass is 10.00. The first-order valence-corrected chi connectivity index (χ1v) is 7.86. The molecule has 0 spiro atoms. The normalized spacial score (nSPS) is 12.4. The van der Waals surface area contributed by atoms with Gasteiger partial charge in [-0.1, -0.05) is 18.5 Å². The molecule has 0 saturated heterocycles. The molecule has 0 bridgehead atoms. The van der Waals surface area contributed by atoms with Crippen molar-refractivity contribution in [2.45, 2.75) is 19.4 Å². The van der Waals surface area contributed by atoms with Crippen molar-refractivity contribution in [2.75, 3.05) is 6.54 Å². The van der Waals surface area contributed by atoms with Crippen LogP contribution in [0.25, 0.3) is 0 Å². The summed E-state index contributed by atoms with van der Waals surface area (Å²) in [5, 5.41) is 4.10. The number of rotatable bonds is 5. The Labute approximate surface area is 136 Å². The maximum absolute atomic E-state index is 13.4. The van der Waals surface area contributed by atoms with E-state index >= 15 is 0 Å². The monoisotopic (exact) mass is 404 g/mol. The minimum atomic E-state index is -0.331. The van der Waals surface area contributed by atoms with E-state index in [1.807, 2.05) is 18.2 Å². The SMILES string of the molecule is CCCNC(c1cncc(F)c1)c1cc(Cl)ccc1I. The van der Waals surface area contributed by atoms with Crippen LogP contribution in [0.2, 0.25) is 5.02 Å². The van der Waals surface area contributed by atoms with E-state index in [0.717, 1.165) is 27.7 Å². The maximum atomic E-state index is 13.4. The summed E-state index contributed by atoms with van der Waals surface area (Å²) in [6, 6.07) is 7.14. The van der Waals surface area contributed by atoms with E-state index < -0.39 is 0 Å². The number of hydrogen-bond donors (Lipinski definition) is 1. The van der Waals surface area contributed by atoms with Crippen molar-refractivity contribution in [3.05, 3.63) is 62.2 Å². The van der Waals surface area contributed by atoms with Crippen LogP contribution in [0.15, 0.2) is 36.7 Å². The molecular formula is C15H15ClFIN2. The zero-order chi connectivity index (χ0) is 14.5. The predicted molar refractivity (Wildman–Crippen MR) is 88.5 cm³/mol.